The summed E-state index contributed by atoms with van der Waals surface area (Å²) < 4.78 is 11.1. The molecule has 0 heterocycles. The maximum absolute atomic E-state index is 13.1. The van der Waals surface area contributed by atoms with Gasteiger partial charge < -0.3 is 10.4 Å². The molecule has 1 aromatic carbocycles. The molecule has 1 amide bonds. The zero-order valence-corrected chi connectivity index (χ0v) is 11.9. The first-order chi connectivity index (χ1) is 8.79. The minimum Gasteiger partial charge on any atom is -0.369 e. The predicted octanol–water partition coefficient (Wildman–Crippen LogP) is 2.73. The first kappa shape index (κ1) is 14.9. The van der Waals surface area contributed by atoms with E-state index in [4.69, 9.17) is 34.8 Å². The first-order valence-electron chi connectivity index (χ1n) is 5.59. The molecule has 0 aromatic heterocycles. The summed E-state index contributed by atoms with van der Waals surface area (Å²) in [5.74, 6) is -1.14. The fourth-order valence-electron chi connectivity index (χ4n) is 1.91. The van der Waals surface area contributed by atoms with Gasteiger partial charge in [0.1, 0.15) is 5.82 Å². The van der Waals surface area contributed by atoms with E-state index in [-0.39, 0.29) is 17.7 Å². The summed E-state index contributed by atoms with van der Waals surface area (Å²) >= 11 is 16.3. The van der Waals surface area contributed by atoms with Gasteiger partial charge in [-0.3, -0.25) is 4.79 Å². The van der Waals surface area contributed by atoms with Crippen molar-refractivity contribution in [3.8, 4) is 0 Å². The van der Waals surface area contributed by atoms with E-state index in [1.54, 1.807) is 12.1 Å². The second-order valence-corrected chi connectivity index (χ2v) is 6.83. The van der Waals surface area contributed by atoms with Gasteiger partial charge in [-0.15, -0.1) is 0 Å². The van der Waals surface area contributed by atoms with Crippen molar-refractivity contribution in [2.24, 2.45) is 5.92 Å². The molecule has 0 spiro atoms. The third-order valence-electron chi connectivity index (χ3n) is 2.99. The number of hydrogen-bond acceptors (Lipinski definition) is 2. The lowest BCUT2D eigenvalue weighted by Crippen LogP contribution is -2.44. The molecule has 0 radical (unpaired) electrons. The van der Waals surface area contributed by atoms with Crippen LogP contribution in [0.15, 0.2) is 24.3 Å². The minimum absolute atomic E-state index is 0.0572. The Labute approximate surface area is 124 Å². The minimum atomic E-state index is -1.97. The SMILES string of the molecule is O=C(NC(O)C(Cl)(Cl)Cl)C1CC1c1cccc(F)c1. The number of halogens is 4. The van der Waals surface area contributed by atoms with Crippen molar-refractivity contribution >= 4 is 40.7 Å². The quantitative estimate of drug-likeness (QED) is 0.663. The molecule has 7 heteroatoms. The number of aliphatic hydroxyl groups excluding tert-OH is 1. The average molecular weight is 327 g/mol. The van der Waals surface area contributed by atoms with Crippen LogP contribution in [0.25, 0.3) is 0 Å². The van der Waals surface area contributed by atoms with Gasteiger partial charge in [-0.2, -0.15) is 0 Å². The van der Waals surface area contributed by atoms with E-state index < -0.39 is 15.9 Å². The van der Waals surface area contributed by atoms with E-state index in [0.29, 0.717) is 6.42 Å². The van der Waals surface area contributed by atoms with Crippen LogP contribution < -0.4 is 5.32 Å². The Hall–Kier alpha value is -0.550. The van der Waals surface area contributed by atoms with Crippen LogP contribution in [-0.2, 0) is 4.79 Å². The summed E-state index contributed by atoms with van der Waals surface area (Å²) in [7, 11) is 0. The summed E-state index contributed by atoms with van der Waals surface area (Å²) in [5, 5.41) is 11.7. The molecule has 1 fully saturated rings. The fraction of sp³-hybridized carbons (Fsp3) is 0.417. The van der Waals surface area contributed by atoms with Gasteiger partial charge in [0.2, 0.25) is 9.70 Å². The smallest absolute Gasteiger partial charge is 0.234 e. The van der Waals surface area contributed by atoms with Crippen LogP contribution in [0.1, 0.15) is 17.9 Å². The standard InChI is InChI=1S/C12H11Cl3FNO2/c13-12(14,15)11(19)17-10(18)9-5-8(9)6-2-1-3-7(16)4-6/h1-4,8-9,11,19H,5H2,(H,17,18). The van der Waals surface area contributed by atoms with Crippen LogP contribution in [-0.4, -0.2) is 21.0 Å². The largest absolute Gasteiger partial charge is 0.369 e. The zero-order chi connectivity index (χ0) is 14.2. The summed E-state index contributed by atoms with van der Waals surface area (Å²) in [6.07, 6.45) is -0.985. The van der Waals surface area contributed by atoms with Gasteiger partial charge in [-0.05, 0) is 30.0 Å². The first-order valence-corrected chi connectivity index (χ1v) is 6.73. The number of aliphatic hydroxyl groups is 1. The number of benzene rings is 1. The molecule has 0 bridgehead atoms. The Bertz CT molecular complexity index is 492. The van der Waals surface area contributed by atoms with Crippen molar-refractivity contribution in [3.63, 3.8) is 0 Å². The van der Waals surface area contributed by atoms with Crippen LogP contribution in [0.3, 0.4) is 0 Å². The number of hydrogen-bond donors (Lipinski definition) is 2. The van der Waals surface area contributed by atoms with Crippen molar-refractivity contribution in [2.75, 3.05) is 0 Å². The normalized spacial score (nSPS) is 23.8. The molecule has 0 aliphatic heterocycles. The Morgan fingerprint density at radius 1 is 1.47 bits per heavy atom. The Morgan fingerprint density at radius 2 is 2.16 bits per heavy atom. The molecule has 0 saturated heterocycles. The van der Waals surface area contributed by atoms with Gasteiger partial charge >= 0.3 is 0 Å². The summed E-state index contributed by atoms with van der Waals surface area (Å²) in [5.41, 5.74) is 0.753. The van der Waals surface area contributed by atoms with E-state index >= 15 is 0 Å². The van der Waals surface area contributed by atoms with Crippen molar-refractivity contribution in [3.05, 3.63) is 35.6 Å². The topological polar surface area (TPSA) is 49.3 Å². The number of amides is 1. The lowest BCUT2D eigenvalue weighted by atomic mass is 10.1. The number of carbonyl (C=O) groups is 1. The molecule has 3 nitrogen and oxygen atoms in total. The van der Waals surface area contributed by atoms with Gasteiger partial charge in [0.05, 0.1) is 0 Å². The van der Waals surface area contributed by atoms with Crippen LogP contribution in [0, 0.1) is 11.7 Å². The highest BCUT2D eigenvalue weighted by Crippen LogP contribution is 2.47. The van der Waals surface area contributed by atoms with Gasteiger partial charge in [0, 0.05) is 5.92 Å². The van der Waals surface area contributed by atoms with E-state index in [1.807, 2.05) is 0 Å². The molecule has 1 saturated carbocycles. The summed E-state index contributed by atoms with van der Waals surface area (Å²) in [6, 6.07) is 6.08. The number of rotatable bonds is 3. The molecule has 3 unspecified atom stereocenters. The second kappa shape index (κ2) is 5.44. The molecule has 2 N–H and O–H groups in total. The van der Waals surface area contributed by atoms with Crippen molar-refractivity contribution in [1.82, 2.24) is 5.32 Å². The van der Waals surface area contributed by atoms with Crippen LogP contribution >= 0.6 is 34.8 Å². The van der Waals surface area contributed by atoms with Crippen molar-refractivity contribution in [2.45, 2.75) is 22.4 Å². The molecule has 1 aliphatic rings. The third-order valence-corrected chi connectivity index (χ3v) is 3.61. The maximum Gasteiger partial charge on any atom is 0.234 e. The lowest BCUT2D eigenvalue weighted by Gasteiger charge is -2.19. The highest BCUT2D eigenvalue weighted by molar-refractivity contribution is 6.68. The average Bonchev–Trinajstić information content (AvgIpc) is 3.07. The van der Waals surface area contributed by atoms with Gasteiger partial charge in [0.25, 0.3) is 0 Å². The summed E-state index contributed by atoms with van der Waals surface area (Å²) in [4.78, 5) is 11.8. The number of alkyl halides is 3. The van der Waals surface area contributed by atoms with Crippen LogP contribution in [0.4, 0.5) is 4.39 Å². The number of nitrogens with one attached hydrogen (secondary N) is 1. The fourth-order valence-corrected chi connectivity index (χ4v) is 2.08. The Morgan fingerprint density at radius 3 is 2.74 bits per heavy atom. The van der Waals surface area contributed by atoms with Crippen LogP contribution in [0.5, 0.6) is 0 Å². The molecule has 104 valence electrons. The van der Waals surface area contributed by atoms with E-state index in [1.165, 1.54) is 12.1 Å². The third kappa shape index (κ3) is 3.72. The lowest BCUT2D eigenvalue weighted by molar-refractivity contribution is -0.125. The van der Waals surface area contributed by atoms with Crippen molar-refractivity contribution < 1.29 is 14.3 Å². The molecular formula is C12H11Cl3FNO2. The molecule has 1 aromatic rings. The van der Waals surface area contributed by atoms with Crippen LogP contribution in [0.2, 0.25) is 0 Å². The molecule has 3 atom stereocenters. The monoisotopic (exact) mass is 325 g/mol. The molecular weight excluding hydrogens is 315 g/mol. The van der Waals surface area contributed by atoms with E-state index in [9.17, 15) is 14.3 Å². The van der Waals surface area contributed by atoms with E-state index in [0.717, 1.165) is 5.56 Å². The van der Waals surface area contributed by atoms with Gasteiger partial charge in [0.15, 0.2) is 6.23 Å². The highest BCUT2D eigenvalue weighted by atomic mass is 35.6. The molecule has 19 heavy (non-hydrogen) atoms. The second-order valence-electron chi connectivity index (χ2n) is 4.46. The highest BCUT2D eigenvalue weighted by Gasteiger charge is 2.45. The predicted molar refractivity (Wildman–Crippen MR) is 71.7 cm³/mol. The van der Waals surface area contributed by atoms with Crippen molar-refractivity contribution in [1.29, 1.82) is 0 Å². The number of carbonyl (C=O) groups excluding carboxylic acids is 1. The Balaban J connectivity index is 1.94. The van der Waals surface area contributed by atoms with Gasteiger partial charge in [-0.1, -0.05) is 46.9 Å². The molecule has 2 rings (SSSR count). The molecule has 1 aliphatic carbocycles. The van der Waals surface area contributed by atoms with Gasteiger partial charge in [-0.25, -0.2) is 4.39 Å². The Kier molecular flexibility index (Phi) is 4.26. The zero-order valence-electron chi connectivity index (χ0n) is 9.62. The maximum atomic E-state index is 13.1. The summed E-state index contributed by atoms with van der Waals surface area (Å²) in [6.45, 7) is 0. The van der Waals surface area contributed by atoms with E-state index in [2.05, 4.69) is 5.32 Å².